The van der Waals surface area contributed by atoms with E-state index in [2.05, 4.69) is 21.8 Å². The fourth-order valence-electron chi connectivity index (χ4n) is 5.23. The van der Waals surface area contributed by atoms with Crippen LogP contribution in [0.1, 0.15) is 64.4 Å². The van der Waals surface area contributed by atoms with E-state index in [1.165, 1.54) is 4.68 Å². The lowest BCUT2D eigenvalue weighted by Crippen LogP contribution is -2.54. The van der Waals surface area contributed by atoms with E-state index >= 15 is 0 Å². The molecule has 2 amide bonds. The van der Waals surface area contributed by atoms with Gasteiger partial charge in [-0.3, -0.25) is 14.3 Å². The van der Waals surface area contributed by atoms with Crippen molar-refractivity contribution in [2.24, 2.45) is 7.05 Å². The molecular weight excluding hydrogens is 520 g/mol. The molecule has 39 heavy (non-hydrogen) atoms. The summed E-state index contributed by atoms with van der Waals surface area (Å²) in [6.07, 6.45) is 1.46. The van der Waals surface area contributed by atoms with Gasteiger partial charge in [0.1, 0.15) is 5.69 Å². The summed E-state index contributed by atoms with van der Waals surface area (Å²) < 4.78 is 32.7. The van der Waals surface area contributed by atoms with Crippen LogP contribution in [0.15, 0.2) is 24.3 Å². The van der Waals surface area contributed by atoms with E-state index in [4.69, 9.17) is 10.00 Å². The second-order valence-electron chi connectivity index (χ2n) is 11.3. The van der Waals surface area contributed by atoms with Crippen LogP contribution in [0.2, 0.25) is 0 Å². The lowest BCUT2D eigenvalue weighted by Gasteiger charge is -2.36. The van der Waals surface area contributed by atoms with Crippen molar-refractivity contribution in [1.29, 1.82) is 5.26 Å². The highest BCUT2D eigenvalue weighted by atomic mass is 32.2. The third-order valence-corrected chi connectivity index (χ3v) is 11.3. The number of rotatable bonds is 10. The average molecular weight is 555 g/mol. The van der Waals surface area contributed by atoms with Crippen LogP contribution in [-0.2, 0) is 34.6 Å². The van der Waals surface area contributed by atoms with Crippen LogP contribution in [-0.4, -0.2) is 83.3 Å². The van der Waals surface area contributed by atoms with Gasteiger partial charge in [-0.15, -0.1) is 0 Å². The molecule has 1 saturated carbocycles. The molecule has 3 heterocycles. The van der Waals surface area contributed by atoms with Crippen molar-refractivity contribution in [3.05, 3.63) is 52.3 Å². The average Bonchev–Trinajstić information content (AvgIpc) is 3.59. The monoisotopic (exact) mass is 554 g/mol. The number of ether oxygens (including phenoxy) is 1. The molecule has 11 nitrogen and oxygen atoms in total. The first-order chi connectivity index (χ1) is 18.5. The van der Waals surface area contributed by atoms with Gasteiger partial charge in [0, 0.05) is 45.3 Å². The molecule has 1 aliphatic carbocycles. The number of hydrogen-bond acceptors (Lipinski definition) is 8. The quantitative estimate of drug-likeness (QED) is 0.441. The first-order valence-corrected chi connectivity index (χ1v) is 14.7. The number of sulfone groups is 1. The molecule has 3 aliphatic rings. The number of carbonyl (C=O) groups excluding carboxylic acids is 2. The zero-order valence-electron chi connectivity index (χ0n) is 22.5. The van der Waals surface area contributed by atoms with Crippen molar-refractivity contribution < 1.29 is 22.7 Å². The van der Waals surface area contributed by atoms with E-state index in [-0.39, 0.29) is 43.3 Å². The Bertz CT molecular complexity index is 1430. The van der Waals surface area contributed by atoms with Gasteiger partial charge in [0.2, 0.25) is 0 Å². The summed E-state index contributed by atoms with van der Waals surface area (Å²) in [5.41, 5.74) is 2.47. The molecule has 5 rings (SSSR count). The smallest absolute Gasteiger partial charge is 0.272 e. The van der Waals surface area contributed by atoms with Gasteiger partial charge in [-0.1, -0.05) is 12.1 Å². The third kappa shape index (κ3) is 4.95. The Morgan fingerprint density at radius 3 is 2.56 bits per heavy atom. The van der Waals surface area contributed by atoms with Crippen LogP contribution >= 0.6 is 0 Å². The lowest BCUT2D eigenvalue weighted by atomic mass is 10.0. The molecule has 0 radical (unpaired) electrons. The highest BCUT2D eigenvalue weighted by Gasteiger charge is 2.61. The highest BCUT2D eigenvalue weighted by molar-refractivity contribution is 7.94. The van der Waals surface area contributed by atoms with Gasteiger partial charge in [0.15, 0.2) is 15.5 Å². The summed E-state index contributed by atoms with van der Waals surface area (Å²) in [5.74, 6) is -0.699. The van der Waals surface area contributed by atoms with E-state index in [1.807, 2.05) is 0 Å². The van der Waals surface area contributed by atoms with Crippen molar-refractivity contribution in [3.8, 4) is 6.07 Å². The minimum atomic E-state index is -3.61. The zero-order valence-corrected chi connectivity index (χ0v) is 23.3. The van der Waals surface area contributed by atoms with Gasteiger partial charge in [-0.2, -0.15) is 10.4 Å². The van der Waals surface area contributed by atoms with Crippen LogP contribution < -0.4 is 10.6 Å². The lowest BCUT2D eigenvalue weighted by molar-refractivity contribution is 0.00924. The molecule has 2 aromatic rings. The van der Waals surface area contributed by atoms with Crippen LogP contribution in [0.5, 0.6) is 0 Å². The molecule has 1 aromatic carbocycles. The van der Waals surface area contributed by atoms with Crippen molar-refractivity contribution in [2.75, 3.05) is 32.8 Å². The first-order valence-electron chi connectivity index (χ1n) is 13.2. The summed E-state index contributed by atoms with van der Waals surface area (Å²) in [6, 6.07) is 8.97. The summed E-state index contributed by atoms with van der Waals surface area (Å²) in [7, 11) is -1.99. The van der Waals surface area contributed by atoms with Crippen molar-refractivity contribution in [1.82, 2.24) is 25.3 Å². The Morgan fingerprint density at radius 2 is 1.97 bits per heavy atom. The molecule has 1 saturated heterocycles. The number of aryl methyl sites for hydroxylation is 1. The minimum absolute atomic E-state index is 0.0390. The van der Waals surface area contributed by atoms with E-state index in [9.17, 15) is 18.0 Å². The SMILES string of the molecule is Cn1nc(C(=O)NCc2ccc(C#N)cc2)c2c1C(=O)N(CC1(S(=O)(=O)C(C)(C)COC3CNC3)CC1)CC2. The van der Waals surface area contributed by atoms with Gasteiger partial charge in [0.25, 0.3) is 11.8 Å². The van der Waals surface area contributed by atoms with E-state index in [0.717, 1.165) is 18.7 Å². The number of nitrogens with zero attached hydrogens (tertiary/aromatic N) is 4. The van der Waals surface area contributed by atoms with E-state index in [1.54, 1.807) is 50.1 Å². The molecule has 208 valence electrons. The summed E-state index contributed by atoms with van der Waals surface area (Å²) in [6.45, 7) is 5.67. The molecule has 1 aromatic heterocycles. The van der Waals surface area contributed by atoms with Gasteiger partial charge in [-0.25, -0.2) is 8.42 Å². The molecule has 12 heteroatoms. The Balaban J connectivity index is 1.27. The first kappa shape index (κ1) is 27.3. The number of nitriles is 1. The number of hydrogen-bond donors (Lipinski definition) is 2. The number of aromatic nitrogens is 2. The molecular formula is C27H34N6O5S. The molecule has 0 atom stereocenters. The van der Waals surface area contributed by atoms with Crippen molar-refractivity contribution in [3.63, 3.8) is 0 Å². The zero-order chi connectivity index (χ0) is 28.0. The van der Waals surface area contributed by atoms with Crippen molar-refractivity contribution >= 4 is 21.7 Å². The topological polar surface area (TPSA) is 146 Å². The Labute approximate surface area is 228 Å². The number of nitrogens with one attached hydrogen (secondary N) is 2. The van der Waals surface area contributed by atoms with Crippen molar-refractivity contribution in [2.45, 2.75) is 55.3 Å². The Kier molecular flexibility index (Phi) is 7.03. The molecule has 0 unspecified atom stereocenters. The standard InChI is InChI=1S/C27H34N6O5S/c1-26(2,17-38-20-14-29-15-20)39(36,37)27(9-10-27)16-33-11-8-21-22(31-32(3)23(21)25(33)35)24(34)30-13-19-6-4-18(12-28)5-7-19/h4-7,20,29H,8-11,13-17H2,1-3H3,(H,30,34). The van der Waals surface area contributed by atoms with Crippen LogP contribution in [0.25, 0.3) is 0 Å². The van der Waals surface area contributed by atoms with Gasteiger partial charge >= 0.3 is 0 Å². The normalized spacial score (nSPS) is 18.7. The van der Waals surface area contributed by atoms with Gasteiger partial charge in [0.05, 0.1) is 33.8 Å². The largest absolute Gasteiger partial charge is 0.374 e. The molecule has 0 bridgehead atoms. The van der Waals surface area contributed by atoms with Crippen LogP contribution in [0, 0.1) is 11.3 Å². The Morgan fingerprint density at radius 1 is 1.28 bits per heavy atom. The number of benzene rings is 1. The molecule has 0 spiro atoms. The predicted molar refractivity (Wildman–Crippen MR) is 143 cm³/mol. The number of amides is 2. The van der Waals surface area contributed by atoms with Gasteiger partial charge in [-0.05, 0) is 50.8 Å². The number of fused-ring (bicyclic) bond motifs is 1. The molecule has 2 N–H and O–H groups in total. The predicted octanol–water partition coefficient (Wildman–Crippen LogP) is 0.934. The van der Waals surface area contributed by atoms with Crippen LogP contribution in [0.3, 0.4) is 0 Å². The fourth-order valence-corrected chi connectivity index (χ4v) is 7.59. The maximum atomic E-state index is 13.7. The highest BCUT2D eigenvalue weighted by Crippen LogP contribution is 2.49. The molecule has 2 fully saturated rings. The number of carbonyl (C=O) groups is 2. The maximum absolute atomic E-state index is 13.7. The fraction of sp³-hybridized carbons (Fsp3) is 0.556. The minimum Gasteiger partial charge on any atom is -0.374 e. The van der Waals surface area contributed by atoms with E-state index < -0.39 is 19.3 Å². The van der Waals surface area contributed by atoms with Crippen LogP contribution in [0.4, 0.5) is 0 Å². The second kappa shape index (κ2) is 10.0. The maximum Gasteiger partial charge on any atom is 0.272 e. The third-order valence-electron chi connectivity index (χ3n) is 8.01. The Hall–Kier alpha value is -3.27. The second-order valence-corrected chi connectivity index (χ2v) is 14.3. The summed E-state index contributed by atoms with van der Waals surface area (Å²) in [5, 5.41) is 19.2. The van der Waals surface area contributed by atoms with E-state index in [0.29, 0.717) is 42.6 Å². The van der Waals surface area contributed by atoms with Gasteiger partial charge < -0.3 is 20.3 Å². The summed E-state index contributed by atoms with van der Waals surface area (Å²) in [4.78, 5) is 28.1. The summed E-state index contributed by atoms with van der Waals surface area (Å²) >= 11 is 0. The molecule has 2 aliphatic heterocycles.